The van der Waals surface area contributed by atoms with Gasteiger partial charge in [-0.3, -0.25) is 19.8 Å². The first-order valence-corrected chi connectivity index (χ1v) is 12.3. The Labute approximate surface area is 195 Å². The summed E-state index contributed by atoms with van der Waals surface area (Å²) in [5.74, 6) is 0.114. The number of aromatic nitrogens is 1. The van der Waals surface area contributed by atoms with Crippen molar-refractivity contribution < 1.29 is 18.7 Å². The molecule has 2 aliphatic rings. The van der Waals surface area contributed by atoms with Crippen molar-refractivity contribution >= 4 is 17.9 Å². The van der Waals surface area contributed by atoms with Crippen LogP contribution in [-0.2, 0) is 19.7 Å². The van der Waals surface area contributed by atoms with Gasteiger partial charge in [-0.15, -0.1) is 0 Å². The molecule has 1 aliphatic carbocycles. The lowest BCUT2D eigenvalue weighted by atomic mass is 9.74. The predicted molar refractivity (Wildman–Crippen MR) is 126 cm³/mol. The molecule has 0 unspecified atom stereocenters. The van der Waals surface area contributed by atoms with Crippen LogP contribution < -0.4 is 5.32 Å². The molecule has 178 valence electrons. The molecule has 1 amide bonds. The first-order chi connectivity index (χ1) is 16.1. The number of carbonyl (C=O) groups is 2. The first kappa shape index (κ1) is 23.5. The van der Waals surface area contributed by atoms with E-state index in [1.54, 1.807) is 0 Å². The lowest BCUT2D eigenvalue weighted by Gasteiger charge is -2.37. The number of rotatable bonds is 7. The van der Waals surface area contributed by atoms with E-state index in [1.807, 2.05) is 25.1 Å². The van der Waals surface area contributed by atoms with Gasteiger partial charge >= 0.3 is 12.0 Å². The molecule has 2 fully saturated rings. The number of nitrogens with zero attached hydrogens (tertiary/aromatic N) is 2. The zero-order valence-electron chi connectivity index (χ0n) is 19.5. The number of ether oxygens (including phenoxy) is 1. The van der Waals surface area contributed by atoms with Crippen LogP contribution in [0.4, 0.5) is 6.01 Å². The SMILES string of the molecule is C[C@H](OC(=O)C1(c2ccccc2)CCCCCC1)C1CCN(CC(=O)Nc2ncco2)CC1. The Hall–Kier alpha value is -2.67. The molecule has 33 heavy (non-hydrogen) atoms. The molecule has 1 saturated heterocycles. The van der Waals surface area contributed by atoms with Gasteiger partial charge in [-0.2, -0.15) is 0 Å². The van der Waals surface area contributed by atoms with Gasteiger partial charge in [-0.25, -0.2) is 4.98 Å². The fourth-order valence-corrected chi connectivity index (χ4v) is 5.31. The lowest BCUT2D eigenvalue weighted by Crippen LogP contribution is -2.44. The van der Waals surface area contributed by atoms with Crippen LogP contribution in [0.2, 0.25) is 0 Å². The molecule has 1 saturated carbocycles. The molecule has 1 atom stereocenters. The minimum Gasteiger partial charge on any atom is -0.462 e. The lowest BCUT2D eigenvalue weighted by molar-refractivity contribution is -0.159. The quantitative estimate of drug-likeness (QED) is 0.489. The van der Waals surface area contributed by atoms with E-state index in [2.05, 4.69) is 27.3 Å². The Morgan fingerprint density at radius 1 is 1.15 bits per heavy atom. The van der Waals surface area contributed by atoms with Crippen molar-refractivity contribution in [2.24, 2.45) is 5.92 Å². The Balaban J connectivity index is 1.31. The molecule has 1 aliphatic heterocycles. The van der Waals surface area contributed by atoms with Gasteiger partial charge in [-0.1, -0.05) is 56.0 Å². The molecule has 1 aromatic carbocycles. The molecule has 1 aromatic heterocycles. The highest BCUT2D eigenvalue weighted by Gasteiger charge is 2.43. The van der Waals surface area contributed by atoms with Crippen LogP contribution in [0.25, 0.3) is 0 Å². The van der Waals surface area contributed by atoms with Crippen molar-refractivity contribution in [1.29, 1.82) is 0 Å². The minimum absolute atomic E-state index is 0.0594. The Morgan fingerprint density at radius 3 is 2.48 bits per heavy atom. The standard InChI is InChI=1S/C26H35N3O4/c1-20(21-11-16-29(17-12-21)19-23(30)28-25-27-15-18-32-25)33-24(31)26(13-7-2-3-8-14-26)22-9-5-4-6-10-22/h4-6,9-10,15,18,20-21H,2-3,7-8,11-14,16-17,19H2,1H3,(H,27,28,30)/t20-/m0/s1. The van der Waals surface area contributed by atoms with Crippen molar-refractivity contribution in [3.8, 4) is 0 Å². The smallest absolute Gasteiger partial charge is 0.316 e. The maximum atomic E-state index is 13.6. The van der Waals surface area contributed by atoms with Crippen LogP contribution in [0.15, 0.2) is 47.2 Å². The highest BCUT2D eigenvalue weighted by molar-refractivity contribution is 5.90. The molecule has 7 heteroatoms. The first-order valence-electron chi connectivity index (χ1n) is 12.3. The number of hydrogen-bond donors (Lipinski definition) is 1. The van der Waals surface area contributed by atoms with E-state index >= 15 is 0 Å². The molecule has 4 rings (SSSR count). The monoisotopic (exact) mass is 453 g/mol. The van der Waals surface area contributed by atoms with Gasteiger partial charge in [0.2, 0.25) is 5.91 Å². The summed E-state index contributed by atoms with van der Waals surface area (Å²) in [6.45, 7) is 3.94. The molecular formula is C26H35N3O4. The number of anilines is 1. The second-order valence-electron chi connectivity index (χ2n) is 9.47. The zero-order chi connectivity index (χ0) is 23.1. The zero-order valence-corrected chi connectivity index (χ0v) is 19.5. The van der Waals surface area contributed by atoms with Gasteiger partial charge in [0.25, 0.3) is 0 Å². The van der Waals surface area contributed by atoms with E-state index in [9.17, 15) is 9.59 Å². The summed E-state index contributed by atoms with van der Waals surface area (Å²) in [7, 11) is 0. The van der Waals surface area contributed by atoms with E-state index in [-0.39, 0.29) is 24.0 Å². The molecule has 1 N–H and O–H groups in total. The topological polar surface area (TPSA) is 84.7 Å². The number of likely N-dealkylation sites (tertiary alicyclic amines) is 1. The van der Waals surface area contributed by atoms with Crippen LogP contribution in [0, 0.1) is 5.92 Å². The average molecular weight is 454 g/mol. The normalized spacial score (nSPS) is 20.5. The van der Waals surface area contributed by atoms with Crippen LogP contribution in [0.5, 0.6) is 0 Å². The summed E-state index contributed by atoms with van der Waals surface area (Å²) in [4.78, 5) is 31.8. The van der Waals surface area contributed by atoms with Crippen molar-refractivity contribution in [3.63, 3.8) is 0 Å². The summed E-state index contributed by atoms with van der Waals surface area (Å²) in [6, 6.07) is 10.4. The Bertz CT molecular complexity index is 884. The molecule has 0 radical (unpaired) electrons. The predicted octanol–water partition coefficient (Wildman–Crippen LogP) is 4.55. The number of hydrogen-bond acceptors (Lipinski definition) is 6. The van der Waals surface area contributed by atoms with E-state index in [0.717, 1.165) is 57.2 Å². The van der Waals surface area contributed by atoms with Crippen molar-refractivity contribution in [1.82, 2.24) is 9.88 Å². The maximum absolute atomic E-state index is 13.6. The van der Waals surface area contributed by atoms with E-state index in [4.69, 9.17) is 9.15 Å². The summed E-state index contributed by atoms with van der Waals surface area (Å²) in [5.41, 5.74) is 0.570. The van der Waals surface area contributed by atoms with Crippen LogP contribution >= 0.6 is 0 Å². The van der Waals surface area contributed by atoms with Crippen molar-refractivity contribution in [3.05, 3.63) is 48.4 Å². The summed E-state index contributed by atoms with van der Waals surface area (Å²) < 4.78 is 11.2. The van der Waals surface area contributed by atoms with Crippen LogP contribution in [0.3, 0.4) is 0 Å². The fraction of sp³-hybridized carbons (Fsp3) is 0.577. The van der Waals surface area contributed by atoms with Gasteiger partial charge in [-0.05, 0) is 57.2 Å². The highest BCUT2D eigenvalue weighted by atomic mass is 16.5. The Morgan fingerprint density at radius 2 is 1.85 bits per heavy atom. The molecular weight excluding hydrogens is 418 g/mol. The third kappa shape index (κ3) is 5.82. The third-order valence-electron chi connectivity index (χ3n) is 7.31. The van der Waals surface area contributed by atoms with Crippen molar-refractivity contribution in [2.75, 3.05) is 25.0 Å². The minimum atomic E-state index is -0.523. The second kappa shape index (κ2) is 11.0. The summed E-state index contributed by atoms with van der Waals surface area (Å²) in [6.07, 6.45) is 10.8. The van der Waals surface area contributed by atoms with Gasteiger partial charge in [0, 0.05) is 0 Å². The number of oxazole rings is 1. The second-order valence-corrected chi connectivity index (χ2v) is 9.47. The van der Waals surface area contributed by atoms with Gasteiger partial charge < -0.3 is 9.15 Å². The summed E-state index contributed by atoms with van der Waals surface area (Å²) >= 11 is 0. The van der Waals surface area contributed by atoms with E-state index < -0.39 is 5.41 Å². The fourth-order valence-electron chi connectivity index (χ4n) is 5.31. The van der Waals surface area contributed by atoms with Gasteiger partial charge in [0.15, 0.2) is 0 Å². The van der Waals surface area contributed by atoms with E-state index in [1.165, 1.54) is 25.3 Å². The molecule has 0 bridgehead atoms. The molecule has 7 nitrogen and oxygen atoms in total. The van der Waals surface area contributed by atoms with Crippen LogP contribution in [0.1, 0.15) is 63.9 Å². The number of carbonyl (C=O) groups excluding carboxylic acids is 2. The number of benzene rings is 1. The Kier molecular flexibility index (Phi) is 7.81. The summed E-state index contributed by atoms with van der Waals surface area (Å²) in [5, 5.41) is 2.66. The third-order valence-corrected chi connectivity index (χ3v) is 7.31. The number of nitrogens with one attached hydrogen (secondary N) is 1. The molecule has 2 aromatic rings. The van der Waals surface area contributed by atoms with Crippen LogP contribution in [-0.4, -0.2) is 47.5 Å². The number of amides is 1. The number of piperidine rings is 1. The largest absolute Gasteiger partial charge is 0.462 e. The van der Waals surface area contributed by atoms with Gasteiger partial charge in [0.1, 0.15) is 12.4 Å². The average Bonchev–Trinajstić information content (AvgIpc) is 3.20. The van der Waals surface area contributed by atoms with Crippen molar-refractivity contribution in [2.45, 2.75) is 69.8 Å². The highest BCUT2D eigenvalue weighted by Crippen LogP contribution is 2.40. The number of esters is 1. The van der Waals surface area contributed by atoms with E-state index in [0.29, 0.717) is 12.5 Å². The van der Waals surface area contributed by atoms with Gasteiger partial charge in [0.05, 0.1) is 18.2 Å². The maximum Gasteiger partial charge on any atom is 0.316 e. The molecule has 0 spiro atoms. The molecule has 2 heterocycles.